The predicted octanol–water partition coefficient (Wildman–Crippen LogP) is 2.72. The van der Waals surface area contributed by atoms with Crippen LogP contribution in [-0.4, -0.2) is 67.1 Å². The van der Waals surface area contributed by atoms with Crippen LogP contribution < -0.4 is 4.74 Å². The first-order valence-corrected chi connectivity index (χ1v) is 10.1. The number of carbonyl (C=O) groups is 2. The molecule has 1 heterocycles. The van der Waals surface area contributed by atoms with Crippen LogP contribution in [-0.2, 0) is 9.53 Å². The van der Waals surface area contributed by atoms with Gasteiger partial charge in [-0.15, -0.1) is 0 Å². The Kier molecular flexibility index (Phi) is 7.10. The molecule has 27 heavy (non-hydrogen) atoms. The van der Waals surface area contributed by atoms with Gasteiger partial charge < -0.3 is 14.4 Å². The molecule has 0 spiro atoms. The first-order chi connectivity index (χ1) is 13.2. The van der Waals surface area contributed by atoms with E-state index in [1.165, 1.54) is 12.8 Å². The van der Waals surface area contributed by atoms with Crippen molar-refractivity contribution in [2.45, 2.75) is 45.1 Å². The molecule has 148 valence electrons. The molecule has 0 aromatic heterocycles. The Labute approximate surface area is 161 Å². The topological polar surface area (TPSA) is 59.1 Å². The lowest BCUT2D eigenvalue weighted by Gasteiger charge is -2.22. The Morgan fingerprint density at radius 2 is 1.74 bits per heavy atom. The summed E-state index contributed by atoms with van der Waals surface area (Å²) in [6.07, 6.45) is 5.90. The lowest BCUT2D eigenvalue weighted by Crippen LogP contribution is -2.37. The zero-order chi connectivity index (χ0) is 19.1. The van der Waals surface area contributed by atoms with Gasteiger partial charge in [0.05, 0.1) is 19.3 Å². The van der Waals surface area contributed by atoms with Crippen LogP contribution in [0.1, 0.15) is 49.4 Å². The van der Waals surface area contributed by atoms with Crippen molar-refractivity contribution in [2.24, 2.45) is 0 Å². The van der Waals surface area contributed by atoms with Gasteiger partial charge >= 0.3 is 5.97 Å². The van der Waals surface area contributed by atoms with Crippen LogP contribution in [0.4, 0.5) is 0 Å². The Morgan fingerprint density at radius 3 is 2.44 bits per heavy atom. The van der Waals surface area contributed by atoms with E-state index in [2.05, 4.69) is 4.90 Å². The molecule has 0 unspecified atom stereocenters. The number of nitrogens with zero attached hydrogens (tertiary/aromatic N) is 2. The molecule has 1 aliphatic heterocycles. The summed E-state index contributed by atoms with van der Waals surface area (Å²) >= 11 is 0. The number of hydrogen-bond donors (Lipinski definition) is 0. The molecule has 0 bridgehead atoms. The SMILES string of the molecule is CCOC(=O)CN1CCCN(C(=O)c2ccc(OC3CCCC3)cc2)CC1. The third kappa shape index (κ3) is 5.70. The third-order valence-electron chi connectivity index (χ3n) is 5.24. The quantitative estimate of drug-likeness (QED) is 0.717. The second-order valence-corrected chi connectivity index (χ2v) is 7.28. The molecule has 2 aliphatic rings. The summed E-state index contributed by atoms with van der Waals surface area (Å²) in [5.74, 6) is 0.686. The minimum atomic E-state index is -0.199. The number of benzene rings is 1. The van der Waals surface area contributed by atoms with Crippen molar-refractivity contribution >= 4 is 11.9 Å². The highest BCUT2D eigenvalue weighted by Crippen LogP contribution is 2.24. The lowest BCUT2D eigenvalue weighted by molar-refractivity contribution is -0.144. The molecule has 3 rings (SSSR count). The summed E-state index contributed by atoms with van der Waals surface area (Å²) < 4.78 is 11.0. The van der Waals surface area contributed by atoms with Gasteiger partial charge in [0.1, 0.15) is 5.75 Å². The van der Waals surface area contributed by atoms with Crippen molar-refractivity contribution in [2.75, 3.05) is 39.3 Å². The van der Waals surface area contributed by atoms with Crippen LogP contribution in [0.15, 0.2) is 24.3 Å². The molecule has 2 fully saturated rings. The molecule has 1 aromatic rings. The van der Waals surface area contributed by atoms with Crippen LogP contribution >= 0.6 is 0 Å². The average molecular weight is 374 g/mol. The van der Waals surface area contributed by atoms with Crippen molar-refractivity contribution in [1.82, 2.24) is 9.80 Å². The van der Waals surface area contributed by atoms with Crippen molar-refractivity contribution in [1.29, 1.82) is 0 Å². The maximum atomic E-state index is 12.8. The fourth-order valence-electron chi connectivity index (χ4n) is 3.78. The van der Waals surface area contributed by atoms with Crippen molar-refractivity contribution in [3.05, 3.63) is 29.8 Å². The standard InChI is InChI=1S/C21H30N2O4/c1-2-26-20(24)16-22-12-5-13-23(15-14-22)21(25)17-8-10-19(11-9-17)27-18-6-3-4-7-18/h8-11,18H,2-7,12-16H2,1H3. The number of esters is 1. The van der Waals surface area contributed by atoms with Crippen LogP contribution in [0.3, 0.4) is 0 Å². The van der Waals surface area contributed by atoms with E-state index in [1.807, 2.05) is 36.1 Å². The van der Waals surface area contributed by atoms with E-state index in [1.54, 1.807) is 0 Å². The molecule has 1 aliphatic carbocycles. The van der Waals surface area contributed by atoms with Crippen LogP contribution in [0.5, 0.6) is 5.75 Å². The minimum absolute atomic E-state index is 0.0420. The Balaban J connectivity index is 1.51. The molecule has 0 N–H and O–H groups in total. The van der Waals surface area contributed by atoms with E-state index in [-0.39, 0.29) is 11.9 Å². The maximum absolute atomic E-state index is 12.8. The van der Waals surface area contributed by atoms with Gasteiger partial charge in [-0.3, -0.25) is 14.5 Å². The molecular formula is C21H30N2O4. The highest BCUT2D eigenvalue weighted by atomic mass is 16.5. The fraction of sp³-hybridized carbons (Fsp3) is 0.619. The normalized spacial score (nSPS) is 18.9. The van der Waals surface area contributed by atoms with Gasteiger partial charge in [0, 0.05) is 31.7 Å². The lowest BCUT2D eigenvalue weighted by atomic mass is 10.2. The molecule has 0 radical (unpaired) electrons. The Morgan fingerprint density at radius 1 is 1.00 bits per heavy atom. The number of rotatable bonds is 6. The monoisotopic (exact) mass is 374 g/mol. The van der Waals surface area contributed by atoms with Gasteiger partial charge in [-0.05, 0) is 63.3 Å². The van der Waals surface area contributed by atoms with Crippen molar-refractivity contribution < 1.29 is 19.1 Å². The van der Waals surface area contributed by atoms with Crippen LogP contribution in [0, 0.1) is 0 Å². The zero-order valence-electron chi connectivity index (χ0n) is 16.2. The minimum Gasteiger partial charge on any atom is -0.490 e. The third-order valence-corrected chi connectivity index (χ3v) is 5.24. The number of amides is 1. The first kappa shape index (κ1) is 19.7. The van der Waals surface area contributed by atoms with E-state index in [4.69, 9.17) is 9.47 Å². The molecule has 1 saturated carbocycles. The van der Waals surface area contributed by atoms with Crippen molar-refractivity contribution in [3.63, 3.8) is 0 Å². The van der Waals surface area contributed by atoms with E-state index in [0.29, 0.717) is 44.5 Å². The summed E-state index contributed by atoms with van der Waals surface area (Å²) in [6, 6.07) is 7.51. The summed E-state index contributed by atoms with van der Waals surface area (Å²) in [6.45, 7) is 5.33. The van der Waals surface area contributed by atoms with E-state index < -0.39 is 0 Å². The molecule has 1 aromatic carbocycles. The molecule has 1 amide bonds. The second kappa shape index (κ2) is 9.74. The highest BCUT2D eigenvalue weighted by molar-refractivity contribution is 5.94. The van der Waals surface area contributed by atoms with Gasteiger partial charge in [0.15, 0.2) is 0 Å². The zero-order valence-corrected chi connectivity index (χ0v) is 16.2. The fourth-order valence-corrected chi connectivity index (χ4v) is 3.78. The van der Waals surface area contributed by atoms with Gasteiger partial charge in [0.25, 0.3) is 5.91 Å². The largest absolute Gasteiger partial charge is 0.490 e. The van der Waals surface area contributed by atoms with Gasteiger partial charge in [-0.1, -0.05) is 0 Å². The molecule has 6 nitrogen and oxygen atoms in total. The van der Waals surface area contributed by atoms with E-state index in [0.717, 1.165) is 31.6 Å². The summed E-state index contributed by atoms with van der Waals surface area (Å²) in [7, 11) is 0. The number of hydrogen-bond acceptors (Lipinski definition) is 5. The molecule has 0 atom stereocenters. The van der Waals surface area contributed by atoms with Crippen molar-refractivity contribution in [3.8, 4) is 5.75 Å². The van der Waals surface area contributed by atoms with Crippen LogP contribution in [0.25, 0.3) is 0 Å². The summed E-state index contributed by atoms with van der Waals surface area (Å²) in [5.41, 5.74) is 0.688. The van der Waals surface area contributed by atoms with Gasteiger partial charge in [-0.2, -0.15) is 0 Å². The Hall–Kier alpha value is -2.08. The maximum Gasteiger partial charge on any atom is 0.320 e. The summed E-state index contributed by atoms with van der Waals surface area (Å²) in [5, 5.41) is 0. The van der Waals surface area contributed by atoms with Crippen LogP contribution in [0.2, 0.25) is 0 Å². The molecular weight excluding hydrogens is 344 g/mol. The highest BCUT2D eigenvalue weighted by Gasteiger charge is 2.22. The smallest absolute Gasteiger partial charge is 0.320 e. The predicted molar refractivity (Wildman–Crippen MR) is 103 cm³/mol. The van der Waals surface area contributed by atoms with Gasteiger partial charge in [-0.25, -0.2) is 0 Å². The first-order valence-electron chi connectivity index (χ1n) is 10.1. The molecule has 1 saturated heterocycles. The van der Waals surface area contributed by atoms with Gasteiger partial charge in [0.2, 0.25) is 0 Å². The van der Waals surface area contributed by atoms with E-state index in [9.17, 15) is 9.59 Å². The second-order valence-electron chi connectivity index (χ2n) is 7.28. The average Bonchev–Trinajstić information content (AvgIpc) is 3.06. The number of ether oxygens (including phenoxy) is 2. The Bertz CT molecular complexity index is 626. The number of carbonyl (C=O) groups excluding carboxylic acids is 2. The summed E-state index contributed by atoms with van der Waals surface area (Å²) in [4.78, 5) is 28.4. The molecule has 6 heteroatoms. The van der Waals surface area contributed by atoms with E-state index >= 15 is 0 Å².